The van der Waals surface area contributed by atoms with Gasteiger partial charge in [-0.25, -0.2) is 0 Å². The summed E-state index contributed by atoms with van der Waals surface area (Å²) in [7, 11) is 0. The topological polar surface area (TPSA) is 72.3 Å². The van der Waals surface area contributed by atoms with Crippen molar-refractivity contribution in [2.24, 2.45) is 11.7 Å². The Kier molecular flexibility index (Phi) is 3.97. The molecule has 20 heavy (non-hydrogen) atoms. The standard InChI is InChI=1S/C14H21N3OS2/c1-19-13-10(16)12(11(18)8-2-3-8)20-14(13)17-6-4-9(15)5-7-17/h8-9H,2-7,15-16H2,1H3. The summed E-state index contributed by atoms with van der Waals surface area (Å²) in [6.45, 7) is 1.93. The summed E-state index contributed by atoms with van der Waals surface area (Å²) >= 11 is 3.23. The minimum absolute atomic E-state index is 0.230. The Morgan fingerprint density at radius 2 is 1.95 bits per heavy atom. The molecule has 2 aliphatic rings. The molecule has 2 fully saturated rings. The lowest BCUT2D eigenvalue weighted by atomic mass is 10.1. The number of ketones is 1. The van der Waals surface area contributed by atoms with Crippen molar-refractivity contribution in [3.05, 3.63) is 4.88 Å². The normalized spacial score (nSPS) is 20.4. The van der Waals surface area contributed by atoms with Crippen molar-refractivity contribution >= 4 is 39.6 Å². The molecule has 0 amide bonds. The van der Waals surface area contributed by atoms with E-state index in [0.29, 0.717) is 11.7 Å². The zero-order valence-corrected chi connectivity index (χ0v) is 13.4. The molecule has 1 saturated heterocycles. The van der Waals surface area contributed by atoms with Gasteiger partial charge in [0.15, 0.2) is 5.78 Å². The Labute approximate surface area is 127 Å². The van der Waals surface area contributed by atoms with Crippen LogP contribution in [0, 0.1) is 5.92 Å². The third-order valence-electron chi connectivity index (χ3n) is 4.09. The minimum Gasteiger partial charge on any atom is -0.396 e. The van der Waals surface area contributed by atoms with Gasteiger partial charge in [0.1, 0.15) is 5.00 Å². The zero-order valence-electron chi connectivity index (χ0n) is 11.7. The van der Waals surface area contributed by atoms with E-state index in [0.717, 1.165) is 48.5 Å². The number of nitrogen functional groups attached to an aromatic ring is 1. The maximum atomic E-state index is 12.3. The van der Waals surface area contributed by atoms with E-state index < -0.39 is 0 Å². The molecular formula is C14H21N3OS2. The van der Waals surface area contributed by atoms with Gasteiger partial charge in [0.2, 0.25) is 0 Å². The van der Waals surface area contributed by atoms with E-state index in [2.05, 4.69) is 4.90 Å². The van der Waals surface area contributed by atoms with Crippen LogP contribution in [0.15, 0.2) is 4.90 Å². The Morgan fingerprint density at radius 3 is 2.50 bits per heavy atom. The molecule has 110 valence electrons. The number of thioether (sulfide) groups is 1. The van der Waals surface area contributed by atoms with Crippen molar-refractivity contribution in [2.45, 2.75) is 36.6 Å². The fraction of sp³-hybridized carbons (Fsp3) is 0.643. The lowest BCUT2D eigenvalue weighted by molar-refractivity contribution is 0.0972. The van der Waals surface area contributed by atoms with E-state index in [1.54, 1.807) is 23.1 Å². The quantitative estimate of drug-likeness (QED) is 0.660. The second kappa shape index (κ2) is 5.58. The predicted octanol–water partition coefficient (Wildman–Crippen LogP) is 2.57. The summed E-state index contributed by atoms with van der Waals surface area (Å²) in [5.74, 6) is 0.482. The number of piperidine rings is 1. The van der Waals surface area contributed by atoms with Crippen LogP contribution < -0.4 is 16.4 Å². The van der Waals surface area contributed by atoms with E-state index in [9.17, 15) is 4.79 Å². The van der Waals surface area contributed by atoms with E-state index in [1.807, 2.05) is 6.26 Å². The molecule has 1 saturated carbocycles. The summed E-state index contributed by atoms with van der Waals surface area (Å²) < 4.78 is 0. The molecule has 4 nitrogen and oxygen atoms in total. The van der Waals surface area contributed by atoms with E-state index >= 15 is 0 Å². The van der Waals surface area contributed by atoms with Crippen LogP contribution in [0.4, 0.5) is 10.7 Å². The largest absolute Gasteiger partial charge is 0.396 e. The van der Waals surface area contributed by atoms with Crippen molar-refractivity contribution in [1.82, 2.24) is 0 Å². The van der Waals surface area contributed by atoms with Crippen molar-refractivity contribution in [2.75, 3.05) is 30.0 Å². The highest BCUT2D eigenvalue weighted by Gasteiger charge is 2.35. The number of nitrogens with two attached hydrogens (primary N) is 2. The van der Waals surface area contributed by atoms with Gasteiger partial charge in [-0.1, -0.05) is 0 Å². The van der Waals surface area contributed by atoms with Crippen LogP contribution >= 0.6 is 23.1 Å². The molecule has 0 radical (unpaired) electrons. The molecule has 1 aromatic heterocycles. The number of nitrogens with zero attached hydrogens (tertiary/aromatic N) is 1. The molecule has 0 unspecified atom stereocenters. The number of hydrogen-bond acceptors (Lipinski definition) is 6. The molecule has 1 aliphatic heterocycles. The number of carbonyl (C=O) groups excluding carboxylic acids is 1. The third-order valence-corrected chi connectivity index (χ3v) is 6.32. The van der Waals surface area contributed by atoms with Gasteiger partial charge in [-0.05, 0) is 31.9 Å². The third kappa shape index (κ3) is 2.56. The summed E-state index contributed by atoms with van der Waals surface area (Å²) in [5, 5.41) is 1.17. The first kappa shape index (κ1) is 14.2. The minimum atomic E-state index is 0.230. The predicted molar refractivity (Wildman–Crippen MR) is 87.0 cm³/mol. The molecule has 3 rings (SSSR count). The molecule has 2 heterocycles. The molecule has 4 N–H and O–H groups in total. The van der Waals surface area contributed by atoms with Crippen molar-refractivity contribution in [3.8, 4) is 0 Å². The lowest BCUT2D eigenvalue weighted by Crippen LogP contribution is -2.39. The molecule has 1 aromatic rings. The number of carbonyl (C=O) groups is 1. The maximum Gasteiger partial charge on any atom is 0.178 e. The molecule has 0 spiro atoms. The van der Waals surface area contributed by atoms with E-state index in [4.69, 9.17) is 11.5 Å². The van der Waals surface area contributed by atoms with Crippen LogP contribution in [0.1, 0.15) is 35.4 Å². The summed E-state index contributed by atoms with van der Waals surface area (Å²) in [5.41, 5.74) is 12.9. The smallest absolute Gasteiger partial charge is 0.178 e. The van der Waals surface area contributed by atoms with Crippen molar-refractivity contribution < 1.29 is 4.79 Å². The Morgan fingerprint density at radius 1 is 1.30 bits per heavy atom. The molecule has 0 bridgehead atoms. The fourth-order valence-corrected chi connectivity index (χ4v) is 4.89. The molecule has 1 aliphatic carbocycles. The van der Waals surface area contributed by atoms with Crippen molar-refractivity contribution in [3.63, 3.8) is 0 Å². The van der Waals surface area contributed by atoms with Gasteiger partial charge in [-0.2, -0.15) is 0 Å². The van der Waals surface area contributed by atoms with E-state index in [-0.39, 0.29) is 11.7 Å². The summed E-state index contributed by atoms with van der Waals surface area (Å²) in [6.07, 6.45) is 6.11. The Bertz CT molecular complexity index is 517. The first-order valence-corrected chi connectivity index (χ1v) is 9.17. The van der Waals surface area contributed by atoms with Gasteiger partial charge < -0.3 is 16.4 Å². The second-order valence-corrected chi connectivity index (χ2v) is 7.46. The van der Waals surface area contributed by atoms with Crippen LogP contribution in [0.5, 0.6) is 0 Å². The summed E-state index contributed by atoms with van der Waals surface area (Å²) in [6, 6.07) is 0.314. The average Bonchev–Trinajstić information content (AvgIpc) is 3.23. The maximum absolute atomic E-state index is 12.3. The van der Waals surface area contributed by atoms with Crippen molar-refractivity contribution in [1.29, 1.82) is 0 Å². The fourth-order valence-electron chi connectivity index (χ4n) is 2.64. The van der Waals surface area contributed by atoms with Crippen LogP contribution in [0.3, 0.4) is 0 Å². The van der Waals surface area contributed by atoms with Crippen LogP contribution in [-0.4, -0.2) is 31.2 Å². The van der Waals surface area contributed by atoms with Gasteiger partial charge in [0, 0.05) is 25.0 Å². The number of anilines is 2. The second-order valence-electron chi connectivity index (χ2n) is 5.65. The van der Waals surface area contributed by atoms with Gasteiger partial charge in [-0.3, -0.25) is 4.79 Å². The van der Waals surface area contributed by atoms with Gasteiger partial charge in [0.25, 0.3) is 0 Å². The van der Waals surface area contributed by atoms with E-state index in [1.165, 1.54) is 5.00 Å². The van der Waals surface area contributed by atoms with Crippen LogP contribution in [0.2, 0.25) is 0 Å². The SMILES string of the molecule is CSc1c(N2CCC(N)CC2)sc(C(=O)C2CC2)c1N. The molecule has 0 atom stereocenters. The Hall–Kier alpha value is -0.720. The van der Waals surface area contributed by atoms with Crippen LogP contribution in [-0.2, 0) is 0 Å². The number of hydrogen-bond donors (Lipinski definition) is 2. The lowest BCUT2D eigenvalue weighted by Gasteiger charge is -2.31. The zero-order chi connectivity index (χ0) is 14.3. The average molecular weight is 311 g/mol. The number of thiophene rings is 1. The highest BCUT2D eigenvalue weighted by Crippen LogP contribution is 2.47. The summed E-state index contributed by atoms with van der Waals surface area (Å²) in [4.78, 5) is 16.5. The monoisotopic (exact) mass is 311 g/mol. The first-order valence-electron chi connectivity index (χ1n) is 7.12. The number of rotatable bonds is 4. The first-order chi connectivity index (χ1) is 9.61. The highest BCUT2D eigenvalue weighted by molar-refractivity contribution is 7.99. The molecule has 0 aromatic carbocycles. The van der Waals surface area contributed by atoms with Gasteiger partial charge in [0.05, 0.1) is 15.5 Å². The molecule has 6 heteroatoms. The number of Topliss-reactive ketones (excluding diaryl/α,β-unsaturated/α-hetero) is 1. The van der Waals surface area contributed by atoms with Gasteiger partial charge >= 0.3 is 0 Å². The Balaban J connectivity index is 1.89. The van der Waals surface area contributed by atoms with Gasteiger partial charge in [-0.15, -0.1) is 23.1 Å². The highest BCUT2D eigenvalue weighted by atomic mass is 32.2. The molecular weight excluding hydrogens is 290 g/mol. The van der Waals surface area contributed by atoms with Crippen LogP contribution in [0.25, 0.3) is 0 Å².